The van der Waals surface area contributed by atoms with Crippen LogP contribution in [0.25, 0.3) is 0 Å². The van der Waals surface area contributed by atoms with Gasteiger partial charge in [0.05, 0.1) is 30.6 Å². The Morgan fingerprint density at radius 1 is 1.04 bits per heavy atom. The highest BCUT2D eigenvalue weighted by atomic mass is 32.2. The van der Waals surface area contributed by atoms with E-state index in [0.717, 1.165) is 23.3 Å². The van der Waals surface area contributed by atoms with Crippen LogP contribution >= 0.6 is 0 Å². The molecule has 0 radical (unpaired) electrons. The zero-order valence-electron chi connectivity index (χ0n) is 26.3. The number of aliphatic imine (C=N–C) groups is 1. The van der Waals surface area contributed by atoms with E-state index in [4.69, 9.17) is 9.47 Å². The van der Waals surface area contributed by atoms with Gasteiger partial charge in [0, 0.05) is 37.3 Å². The molecule has 1 spiro atoms. The number of nitrogens with one attached hydrogen (secondary N) is 1. The molecule has 6 aliphatic heterocycles. The standard InChI is InChI=1S/C33H37F3N4O7S/c1-21-15-23-6-5-22(21)7-14-48(44,45)40-10-8-32(9-11-40)31(43)37-29(38-32)24-16-25(33(34,35)36)18-26(17-24)46-12-3-2-4-13-47-28-20-39(30(23)42)19-27(28)41/h2,4-6,15-18,27-28,41H,3,7-14,19-20H2,1H3,(H,37,38,43)/t27-,28-/m0/s1. The predicted molar refractivity (Wildman–Crippen MR) is 169 cm³/mol. The second-order valence-electron chi connectivity index (χ2n) is 12.6. The van der Waals surface area contributed by atoms with Crippen molar-refractivity contribution in [3.63, 3.8) is 0 Å². The number of hydrogen-bond donors (Lipinski definition) is 2. The smallest absolute Gasteiger partial charge is 0.416 e. The van der Waals surface area contributed by atoms with E-state index in [9.17, 15) is 36.3 Å². The fourth-order valence-electron chi connectivity index (χ4n) is 6.47. The van der Waals surface area contributed by atoms with E-state index in [1.807, 2.05) is 6.92 Å². The van der Waals surface area contributed by atoms with E-state index in [-0.39, 0.29) is 87.5 Å². The van der Waals surface area contributed by atoms with Crippen molar-refractivity contribution in [1.29, 1.82) is 0 Å². The van der Waals surface area contributed by atoms with Crippen molar-refractivity contribution in [2.75, 3.05) is 45.1 Å². The number of amidine groups is 1. The first-order valence-electron chi connectivity index (χ1n) is 15.8. The van der Waals surface area contributed by atoms with Gasteiger partial charge in [0.1, 0.15) is 23.2 Å². The van der Waals surface area contributed by atoms with Crippen LogP contribution in [-0.4, -0.2) is 103 Å². The summed E-state index contributed by atoms with van der Waals surface area (Å²) in [6.07, 6.45) is -2.02. The number of alkyl halides is 3. The zero-order chi connectivity index (χ0) is 34.3. The molecule has 8 rings (SSSR count). The number of rotatable bonds is 0. The Hall–Kier alpha value is -3.79. The number of ether oxygens (including phenoxy) is 2. The molecule has 2 fully saturated rings. The minimum atomic E-state index is -4.68. The Bertz CT molecular complexity index is 1750. The molecule has 6 aliphatic rings. The summed E-state index contributed by atoms with van der Waals surface area (Å²) in [6, 6.07) is 8.28. The Kier molecular flexibility index (Phi) is 9.41. The van der Waals surface area contributed by atoms with Crippen molar-refractivity contribution in [2.45, 2.75) is 56.5 Å². The number of amides is 2. The maximum atomic E-state index is 13.8. The highest BCUT2D eigenvalue weighted by Crippen LogP contribution is 2.36. The minimum Gasteiger partial charge on any atom is -0.493 e. The maximum absolute atomic E-state index is 13.8. The predicted octanol–water partition coefficient (Wildman–Crippen LogP) is 2.84. The van der Waals surface area contributed by atoms with Gasteiger partial charge in [-0.1, -0.05) is 18.2 Å². The molecule has 0 unspecified atom stereocenters. The van der Waals surface area contributed by atoms with Gasteiger partial charge < -0.3 is 24.8 Å². The lowest BCUT2D eigenvalue weighted by molar-refractivity contribution is -0.137. The topological polar surface area (TPSA) is 138 Å². The SMILES string of the molecule is Cc1cc2ccc1CCS(=O)(=O)N1CCC3(CC1)N=C(NC3=O)c1cc(cc(C(F)(F)F)c1)OCCC=CCO[C@H]1CN(C[C@@H]1O)C2=O. The third-order valence-corrected chi connectivity index (χ3v) is 11.2. The van der Waals surface area contributed by atoms with Crippen LogP contribution < -0.4 is 10.1 Å². The Balaban J connectivity index is 1.26. The van der Waals surface area contributed by atoms with E-state index in [1.165, 1.54) is 15.3 Å². The Labute approximate surface area is 276 Å². The average molecular weight is 691 g/mol. The molecule has 0 aliphatic carbocycles. The highest BCUT2D eigenvalue weighted by Gasteiger charge is 2.48. The summed E-state index contributed by atoms with van der Waals surface area (Å²) in [5.74, 6) is -1.02. The van der Waals surface area contributed by atoms with Gasteiger partial charge in [0.15, 0.2) is 0 Å². The molecule has 0 saturated carbocycles. The van der Waals surface area contributed by atoms with Crippen LogP contribution in [0.5, 0.6) is 5.75 Å². The lowest BCUT2D eigenvalue weighted by Gasteiger charge is -2.34. The van der Waals surface area contributed by atoms with Crippen LogP contribution in [0.3, 0.4) is 0 Å². The number of benzene rings is 2. The number of sulfonamides is 1. The molecule has 9 bridgehead atoms. The number of aryl methyl sites for hydroxylation is 2. The molecule has 2 saturated heterocycles. The first-order valence-corrected chi connectivity index (χ1v) is 17.4. The molecule has 0 aromatic heterocycles. The van der Waals surface area contributed by atoms with Crippen molar-refractivity contribution in [3.05, 3.63) is 76.4 Å². The molecule has 2 aromatic carbocycles. The van der Waals surface area contributed by atoms with Gasteiger partial charge in [-0.2, -0.15) is 13.2 Å². The van der Waals surface area contributed by atoms with Gasteiger partial charge in [-0.15, -0.1) is 0 Å². The van der Waals surface area contributed by atoms with Crippen molar-refractivity contribution >= 4 is 27.7 Å². The monoisotopic (exact) mass is 690 g/mol. The van der Waals surface area contributed by atoms with Crippen molar-refractivity contribution in [3.8, 4) is 5.75 Å². The summed E-state index contributed by atoms with van der Waals surface area (Å²) in [7, 11) is -3.73. The van der Waals surface area contributed by atoms with Gasteiger partial charge >= 0.3 is 6.18 Å². The van der Waals surface area contributed by atoms with Crippen LogP contribution in [-0.2, 0) is 32.2 Å². The first-order chi connectivity index (χ1) is 22.7. The number of aliphatic hydroxyl groups is 1. The van der Waals surface area contributed by atoms with Crippen LogP contribution in [0.4, 0.5) is 13.2 Å². The van der Waals surface area contributed by atoms with Crippen LogP contribution in [0.15, 0.2) is 53.5 Å². The summed E-state index contributed by atoms with van der Waals surface area (Å²) >= 11 is 0. The number of carbonyl (C=O) groups excluding carboxylic acids is 2. The summed E-state index contributed by atoms with van der Waals surface area (Å²) in [5, 5.41) is 13.1. The quantitative estimate of drug-likeness (QED) is 0.406. The Morgan fingerprint density at radius 3 is 2.54 bits per heavy atom. The molecule has 2 N–H and O–H groups in total. The van der Waals surface area contributed by atoms with E-state index < -0.39 is 45.4 Å². The van der Waals surface area contributed by atoms with E-state index in [0.29, 0.717) is 12.0 Å². The number of fused-ring (bicyclic) bond motifs is 2. The first kappa shape index (κ1) is 34.1. The molecular weight excluding hydrogens is 653 g/mol. The maximum Gasteiger partial charge on any atom is 0.416 e. The molecule has 2 atom stereocenters. The van der Waals surface area contributed by atoms with Gasteiger partial charge in [-0.25, -0.2) is 12.7 Å². The fraction of sp³-hybridized carbons (Fsp3) is 0.485. The van der Waals surface area contributed by atoms with Crippen LogP contribution in [0.1, 0.15) is 51.9 Å². The van der Waals surface area contributed by atoms with Gasteiger partial charge in [0.25, 0.3) is 11.8 Å². The lowest BCUT2D eigenvalue weighted by atomic mass is 9.89. The van der Waals surface area contributed by atoms with Gasteiger partial charge in [-0.05, 0) is 74.1 Å². The molecule has 6 heterocycles. The number of nitrogens with zero attached hydrogens (tertiary/aromatic N) is 3. The van der Waals surface area contributed by atoms with Crippen LogP contribution in [0, 0.1) is 6.92 Å². The number of carbonyl (C=O) groups is 2. The molecule has 48 heavy (non-hydrogen) atoms. The fourth-order valence-corrected chi connectivity index (χ4v) is 7.94. The summed E-state index contributed by atoms with van der Waals surface area (Å²) < 4.78 is 80.9. The molecule has 15 heteroatoms. The summed E-state index contributed by atoms with van der Waals surface area (Å²) in [6.45, 7) is 2.35. The zero-order valence-corrected chi connectivity index (χ0v) is 27.1. The number of halogens is 3. The second-order valence-corrected chi connectivity index (χ2v) is 14.6. The van der Waals surface area contributed by atoms with Crippen molar-refractivity contribution < 1.29 is 45.8 Å². The third-order valence-electron chi connectivity index (χ3n) is 9.30. The third kappa shape index (κ3) is 7.14. The van der Waals surface area contributed by atoms with Gasteiger partial charge in [0.2, 0.25) is 10.0 Å². The lowest BCUT2D eigenvalue weighted by Crippen LogP contribution is -2.50. The molecule has 258 valence electrons. The largest absolute Gasteiger partial charge is 0.493 e. The normalized spacial score (nSPS) is 28.1. The average Bonchev–Trinajstić information content (AvgIpc) is 3.57. The van der Waals surface area contributed by atoms with Crippen molar-refractivity contribution in [1.82, 2.24) is 14.5 Å². The number of aliphatic hydroxyl groups excluding tert-OH is 1. The van der Waals surface area contributed by atoms with Crippen LogP contribution in [0.2, 0.25) is 0 Å². The summed E-state index contributed by atoms with van der Waals surface area (Å²) in [5.41, 5.74) is -0.274. The van der Waals surface area contributed by atoms with E-state index >= 15 is 0 Å². The molecule has 11 nitrogen and oxygen atoms in total. The summed E-state index contributed by atoms with van der Waals surface area (Å²) in [4.78, 5) is 32.4. The highest BCUT2D eigenvalue weighted by molar-refractivity contribution is 7.89. The molecule has 2 aromatic rings. The molecule has 2 amide bonds. The minimum absolute atomic E-state index is 0.0215. The second kappa shape index (κ2) is 13.3. The van der Waals surface area contributed by atoms with Crippen molar-refractivity contribution in [2.24, 2.45) is 4.99 Å². The number of hydrogen-bond acceptors (Lipinski definition) is 8. The van der Waals surface area contributed by atoms with E-state index in [1.54, 1.807) is 30.4 Å². The van der Waals surface area contributed by atoms with E-state index in [2.05, 4.69) is 10.3 Å². The van der Waals surface area contributed by atoms with Gasteiger partial charge in [-0.3, -0.25) is 14.6 Å². The Morgan fingerprint density at radius 2 is 1.81 bits per heavy atom. The number of piperidine rings is 1. The molecular formula is C33H37F3N4O7S.